The SMILES string of the molecule is Cc1ccc([C@H]2CN3CCC[C@H]3c3cccc(OCCCN4CCCCC4)c32)cc1. The number of ether oxygens (including phenoxy) is 1. The second-order valence-electron chi connectivity index (χ2n) is 9.48. The Hall–Kier alpha value is -1.84. The van der Waals surface area contributed by atoms with Gasteiger partial charge in [0, 0.05) is 30.6 Å². The van der Waals surface area contributed by atoms with Gasteiger partial charge in [-0.15, -0.1) is 0 Å². The monoisotopic (exact) mass is 404 g/mol. The summed E-state index contributed by atoms with van der Waals surface area (Å²) < 4.78 is 6.47. The third-order valence-corrected chi connectivity index (χ3v) is 7.39. The van der Waals surface area contributed by atoms with E-state index in [-0.39, 0.29) is 0 Å². The molecule has 0 spiro atoms. The fourth-order valence-corrected chi connectivity index (χ4v) is 5.80. The van der Waals surface area contributed by atoms with E-state index in [4.69, 9.17) is 4.74 Å². The van der Waals surface area contributed by atoms with E-state index in [0.29, 0.717) is 12.0 Å². The van der Waals surface area contributed by atoms with Crippen molar-refractivity contribution in [1.82, 2.24) is 9.80 Å². The smallest absolute Gasteiger partial charge is 0.123 e. The van der Waals surface area contributed by atoms with Crippen LogP contribution in [0.3, 0.4) is 0 Å². The maximum absolute atomic E-state index is 6.47. The number of nitrogens with zero attached hydrogens (tertiary/aromatic N) is 2. The number of hydrogen-bond acceptors (Lipinski definition) is 3. The van der Waals surface area contributed by atoms with Crippen LogP contribution in [0.15, 0.2) is 42.5 Å². The zero-order valence-corrected chi connectivity index (χ0v) is 18.5. The summed E-state index contributed by atoms with van der Waals surface area (Å²) in [4.78, 5) is 5.31. The summed E-state index contributed by atoms with van der Waals surface area (Å²) in [6, 6.07) is 16.5. The molecule has 3 heteroatoms. The lowest BCUT2D eigenvalue weighted by molar-refractivity contribution is 0.200. The topological polar surface area (TPSA) is 15.7 Å². The van der Waals surface area contributed by atoms with E-state index >= 15 is 0 Å². The van der Waals surface area contributed by atoms with Gasteiger partial charge in [-0.25, -0.2) is 0 Å². The van der Waals surface area contributed by atoms with Gasteiger partial charge in [0.25, 0.3) is 0 Å². The van der Waals surface area contributed by atoms with Crippen molar-refractivity contribution in [2.75, 3.05) is 39.3 Å². The minimum absolute atomic E-state index is 0.410. The third kappa shape index (κ3) is 4.15. The molecule has 3 aliphatic heterocycles. The minimum atomic E-state index is 0.410. The molecule has 0 aliphatic carbocycles. The molecule has 0 amide bonds. The van der Waals surface area contributed by atoms with Crippen molar-refractivity contribution in [3.8, 4) is 5.75 Å². The number of likely N-dealkylation sites (tertiary alicyclic amines) is 1. The highest BCUT2D eigenvalue weighted by atomic mass is 16.5. The quantitative estimate of drug-likeness (QED) is 0.589. The molecule has 30 heavy (non-hydrogen) atoms. The lowest BCUT2D eigenvalue weighted by Gasteiger charge is -2.38. The van der Waals surface area contributed by atoms with Crippen molar-refractivity contribution < 1.29 is 4.74 Å². The minimum Gasteiger partial charge on any atom is -0.493 e. The van der Waals surface area contributed by atoms with Crippen LogP contribution in [0.4, 0.5) is 0 Å². The molecule has 3 aliphatic rings. The predicted molar refractivity (Wildman–Crippen MR) is 123 cm³/mol. The van der Waals surface area contributed by atoms with Crippen LogP contribution >= 0.6 is 0 Å². The fraction of sp³-hybridized carbons (Fsp3) is 0.556. The number of hydrogen-bond donors (Lipinski definition) is 0. The molecule has 2 fully saturated rings. The molecule has 0 aromatic heterocycles. The second kappa shape index (κ2) is 9.11. The van der Waals surface area contributed by atoms with E-state index in [2.05, 4.69) is 59.2 Å². The van der Waals surface area contributed by atoms with Crippen molar-refractivity contribution in [2.24, 2.45) is 0 Å². The van der Waals surface area contributed by atoms with Crippen LogP contribution in [0.5, 0.6) is 5.75 Å². The number of rotatable bonds is 6. The Morgan fingerprint density at radius 1 is 0.933 bits per heavy atom. The van der Waals surface area contributed by atoms with Gasteiger partial charge in [0.1, 0.15) is 5.75 Å². The van der Waals surface area contributed by atoms with Gasteiger partial charge in [-0.3, -0.25) is 4.90 Å². The maximum Gasteiger partial charge on any atom is 0.123 e. The molecular formula is C27H36N2O. The summed E-state index contributed by atoms with van der Waals surface area (Å²) in [7, 11) is 0. The Bertz CT molecular complexity index is 840. The van der Waals surface area contributed by atoms with Crippen LogP contribution in [0.25, 0.3) is 0 Å². The van der Waals surface area contributed by atoms with E-state index < -0.39 is 0 Å². The highest BCUT2D eigenvalue weighted by molar-refractivity contribution is 5.51. The normalized spacial score (nSPS) is 24.4. The Morgan fingerprint density at radius 2 is 1.77 bits per heavy atom. The first-order valence-corrected chi connectivity index (χ1v) is 12.1. The predicted octanol–water partition coefficient (Wildman–Crippen LogP) is 5.53. The summed E-state index contributed by atoms with van der Waals surface area (Å²) in [5, 5.41) is 0. The standard InChI is InChI=1S/C27H36N2O/c1-21-11-13-22(14-12-21)24-20-29-18-6-9-25(29)23-8-5-10-26(27(23)24)30-19-7-17-28-15-3-2-4-16-28/h5,8,10-14,24-25H,2-4,6-7,9,15-20H2,1H3/t24-,25+/m1/s1. The van der Waals surface area contributed by atoms with Crippen LogP contribution in [0, 0.1) is 6.92 Å². The number of piperidine rings is 1. The molecule has 3 nitrogen and oxygen atoms in total. The number of aryl methyl sites for hydroxylation is 1. The number of benzene rings is 2. The first-order valence-electron chi connectivity index (χ1n) is 12.1. The van der Waals surface area contributed by atoms with Gasteiger partial charge in [-0.1, -0.05) is 48.4 Å². The van der Waals surface area contributed by atoms with Crippen LogP contribution in [-0.4, -0.2) is 49.1 Å². The van der Waals surface area contributed by atoms with E-state index in [0.717, 1.165) is 25.3 Å². The fourth-order valence-electron chi connectivity index (χ4n) is 5.80. The molecule has 0 unspecified atom stereocenters. The molecule has 2 atom stereocenters. The first kappa shape index (κ1) is 20.1. The van der Waals surface area contributed by atoms with Crippen LogP contribution in [0.1, 0.15) is 72.7 Å². The highest BCUT2D eigenvalue weighted by Crippen LogP contribution is 2.47. The molecule has 2 saturated heterocycles. The summed E-state index contributed by atoms with van der Waals surface area (Å²) >= 11 is 0. The third-order valence-electron chi connectivity index (χ3n) is 7.39. The summed E-state index contributed by atoms with van der Waals surface area (Å²) in [6.07, 6.45) is 7.85. The van der Waals surface area contributed by atoms with Gasteiger partial charge < -0.3 is 9.64 Å². The molecule has 2 aromatic carbocycles. The van der Waals surface area contributed by atoms with E-state index in [1.54, 1.807) is 0 Å². The largest absolute Gasteiger partial charge is 0.493 e. The molecule has 0 radical (unpaired) electrons. The van der Waals surface area contributed by atoms with E-state index in [1.807, 2.05) is 0 Å². The average Bonchev–Trinajstić information content (AvgIpc) is 3.26. The Kier molecular flexibility index (Phi) is 6.10. The van der Waals surface area contributed by atoms with Crippen molar-refractivity contribution >= 4 is 0 Å². The maximum atomic E-state index is 6.47. The van der Waals surface area contributed by atoms with E-state index in [1.165, 1.54) is 80.5 Å². The Labute approximate surface area is 182 Å². The molecule has 5 rings (SSSR count). The lowest BCUT2D eigenvalue weighted by Crippen LogP contribution is -2.35. The molecule has 0 saturated carbocycles. The van der Waals surface area contributed by atoms with Crippen molar-refractivity contribution in [3.05, 3.63) is 64.7 Å². The van der Waals surface area contributed by atoms with Gasteiger partial charge in [0.15, 0.2) is 0 Å². The molecule has 2 aromatic rings. The summed E-state index contributed by atoms with van der Waals surface area (Å²) in [6.45, 7) is 9.06. The van der Waals surface area contributed by atoms with Crippen LogP contribution in [-0.2, 0) is 0 Å². The van der Waals surface area contributed by atoms with Gasteiger partial charge in [-0.2, -0.15) is 0 Å². The molecule has 160 valence electrons. The molecular weight excluding hydrogens is 368 g/mol. The highest BCUT2D eigenvalue weighted by Gasteiger charge is 2.38. The van der Waals surface area contributed by atoms with Gasteiger partial charge in [0.2, 0.25) is 0 Å². The van der Waals surface area contributed by atoms with Crippen molar-refractivity contribution in [1.29, 1.82) is 0 Å². The van der Waals surface area contributed by atoms with E-state index in [9.17, 15) is 0 Å². The van der Waals surface area contributed by atoms with Gasteiger partial charge >= 0.3 is 0 Å². The second-order valence-corrected chi connectivity index (χ2v) is 9.48. The van der Waals surface area contributed by atoms with Crippen LogP contribution < -0.4 is 4.74 Å². The first-order chi connectivity index (χ1) is 14.8. The summed E-state index contributed by atoms with van der Waals surface area (Å²) in [5.41, 5.74) is 5.73. The summed E-state index contributed by atoms with van der Waals surface area (Å²) in [5.74, 6) is 1.54. The van der Waals surface area contributed by atoms with Gasteiger partial charge in [-0.05, 0) is 75.9 Å². The van der Waals surface area contributed by atoms with Crippen LogP contribution in [0.2, 0.25) is 0 Å². The zero-order chi connectivity index (χ0) is 20.3. The molecule has 0 N–H and O–H groups in total. The molecule has 0 bridgehead atoms. The zero-order valence-electron chi connectivity index (χ0n) is 18.5. The Balaban J connectivity index is 1.36. The van der Waals surface area contributed by atoms with Crippen molar-refractivity contribution in [2.45, 2.75) is 57.4 Å². The van der Waals surface area contributed by atoms with Gasteiger partial charge in [0.05, 0.1) is 6.61 Å². The number of fused-ring (bicyclic) bond motifs is 3. The molecule has 3 heterocycles. The average molecular weight is 405 g/mol. The Morgan fingerprint density at radius 3 is 2.60 bits per heavy atom. The lowest BCUT2D eigenvalue weighted by atomic mass is 9.81. The van der Waals surface area contributed by atoms with Crippen molar-refractivity contribution in [3.63, 3.8) is 0 Å².